The maximum atomic E-state index is 12.5. The number of nitrogens with one attached hydrogen (secondary N) is 1. The zero-order chi connectivity index (χ0) is 23.0. The number of alkyl carbamates (subject to hydrolysis) is 1. The van der Waals surface area contributed by atoms with Gasteiger partial charge in [0.15, 0.2) is 0 Å². The fourth-order valence-corrected chi connectivity index (χ4v) is 3.33. The Bertz CT molecular complexity index is 879. The maximum absolute atomic E-state index is 12.5. The SMILES string of the molecule is COc1cc(C)ccc1CC(OC(=O)CNC(=O)OC(C)(C)C)C(S)c1ccccc1. The van der Waals surface area contributed by atoms with E-state index >= 15 is 0 Å². The van der Waals surface area contributed by atoms with E-state index in [2.05, 4.69) is 5.32 Å². The summed E-state index contributed by atoms with van der Waals surface area (Å²) in [5.74, 6) is 0.151. The summed E-state index contributed by atoms with van der Waals surface area (Å²) in [6.45, 7) is 6.94. The minimum absolute atomic E-state index is 0.300. The first-order chi connectivity index (χ1) is 14.6. The quantitative estimate of drug-likeness (QED) is 0.457. The number of carbonyl (C=O) groups excluding carboxylic acids is 2. The van der Waals surface area contributed by atoms with Gasteiger partial charge in [-0.05, 0) is 50.5 Å². The van der Waals surface area contributed by atoms with E-state index in [1.165, 1.54) is 0 Å². The van der Waals surface area contributed by atoms with E-state index < -0.39 is 23.8 Å². The highest BCUT2D eigenvalue weighted by Crippen LogP contribution is 2.31. The van der Waals surface area contributed by atoms with E-state index in [4.69, 9.17) is 26.8 Å². The van der Waals surface area contributed by atoms with Crippen LogP contribution in [0.15, 0.2) is 48.5 Å². The van der Waals surface area contributed by atoms with Gasteiger partial charge in [0, 0.05) is 6.42 Å². The molecule has 0 spiro atoms. The molecule has 0 heterocycles. The number of amides is 1. The van der Waals surface area contributed by atoms with Gasteiger partial charge in [0.2, 0.25) is 0 Å². The number of aryl methyl sites for hydroxylation is 1. The summed E-state index contributed by atoms with van der Waals surface area (Å²) in [4.78, 5) is 24.3. The molecule has 0 fully saturated rings. The Kier molecular flexibility index (Phi) is 8.80. The van der Waals surface area contributed by atoms with Crippen LogP contribution in [-0.4, -0.2) is 37.4 Å². The molecule has 0 saturated carbocycles. The monoisotopic (exact) mass is 445 g/mol. The van der Waals surface area contributed by atoms with Gasteiger partial charge in [0.05, 0.1) is 12.4 Å². The molecule has 0 radical (unpaired) electrons. The first kappa shape index (κ1) is 24.6. The molecule has 7 heteroatoms. The lowest BCUT2D eigenvalue weighted by Crippen LogP contribution is -2.37. The van der Waals surface area contributed by atoms with Crippen LogP contribution in [0.25, 0.3) is 0 Å². The fourth-order valence-electron chi connectivity index (χ4n) is 2.99. The lowest BCUT2D eigenvalue weighted by atomic mass is 9.99. The van der Waals surface area contributed by atoms with Crippen molar-refractivity contribution in [3.63, 3.8) is 0 Å². The molecule has 0 aromatic heterocycles. The highest BCUT2D eigenvalue weighted by atomic mass is 32.1. The number of esters is 1. The van der Waals surface area contributed by atoms with Crippen molar-refractivity contribution in [3.05, 3.63) is 65.2 Å². The highest BCUT2D eigenvalue weighted by Gasteiger charge is 2.26. The average molecular weight is 446 g/mol. The molecule has 31 heavy (non-hydrogen) atoms. The molecule has 2 unspecified atom stereocenters. The molecule has 2 aromatic rings. The third-order valence-corrected chi connectivity index (χ3v) is 5.05. The minimum atomic E-state index is -0.674. The van der Waals surface area contributed by atoms with Gasteiger partial charge in [0.25, 0.3) is 0 Å². The van der Waals surface area contributed by atoms with E-state index in [1.807, 2.05) is 55.5 Å². The minimum Gasteiger partial charge on any atom is -0.496 e. The Labute approximate surface area is 189 Å². The Hall–Kier alpha value is -2.67. The predicted octanol–water partition coefficient (Wildman–Crippen LogP) is 4.65. The normalized spacial score (nSPS) is 13.1. The van der Waals surface area contributed by atoms with Gasteiger partial charge in [-0.1, -0.05) is 42.5 Å². The van der Waals surface area contributed by atoms with E-state index in [0.717, 1.165) is 22.4 Å². The molecule has 0 bridgehead atoms. The number of rotatable bonds is 8. The molecule has 0 saturated heterocycles. The number of carbonyl (C=O) groups is 2. The zero-order valence-electron chi connectivity index (χ0n) is 18.7. The van der Waals surface area contributed by atoms with Crippen LogP contribution in [0.2, 0.25) is 0 Å². The summed E-state index contributed by atoms with van der Waals surface area (Å²) in [7, 11) is 1.61. The average Bonchev–Trinajstić information content (AvgIpc) is 2.71. The summed E-state index contributed by atoms with van der Waals surface area (Å²) in [6.07, 6.45) is -0.841. The van der Waals surface area contributed by atoms with Crippen LogP contribution < -0.4 is 10.1 Å². The van der Waals surface area contributed by atoms with Crippen molar-refractivity contribution in [1.29, 1.82) is 0 Å². The Morgan fingerprint density at radius 1 is 1.10 bits per heavy atom. The zero-order valence-corrected chi connectivity index (χ0v) is 19.6. The van der Waals surface area contributed by atoms with E-state index in [0.29, 0.717) is 6.42 Å². The summed E-state index contributed by atoms with van der Waals surface area (Å²) in [5, 5.41) is 2.07. The first-order valence-corrected chi connectivity index (χ1v) is 10.6. The van der Waals surface area contributed by atoms with Crippen LogP contribution in [0.1, 0.15) is 42.7 Å². The van der Waals surface area contributed by atoms with Crippen molar-refractivity contribution in [2.45, 2.75) is 51.1 Å². The first-order valence-electron chi connectivity index (χ1n) is 10.1. The number of hydrogen-bond acceptors (Lipinski definition) is 6. The standard InChI is InChI=1S/C24H31NO5S/c1-16-11-12-18(19(13-16)28-5)14-20(22(31)17-9-7-6-8-10-17)29-21(26)15-25-23(27)30-24(2,3)4/h6-13,20,22,31H,14-15H2,1-5H3,(H,25,27). The second-order valence-electron chi connectivity index (χ2n) is 8.26. The van der Waals surface area contributed by atoms with Gasteiger partial charge in [-0.2, -0.15) is 12.6 Å². The summed E-state index contributed by atoms with van der Waals surface area (Å²) in [5.41, 5.74) is 2.25. The van der Waals surface area contributed by atoms with Gasteiger partial charge >= 0.3 is 12.1 Å². The summed E-state index contributed by atoms with van der Waals surface area (Å²) < 4.78 is 16.4. The number of benzene rings is 2. The molecule has 2 atom stereocenters. The van der Waals surface area contributed by atoms with E-state index in [-0.39, 0.29) is 11.8 Å². The molecular weight excluding hydrogens is 414 g/mol. The van der Waals surface area contributed by atoms with Crippen LogP contribution in [-0.2, 0) is 20.7 Å². The van der Waals surface area contributed by atoms with Crippen molar-refractivity contribution in [1.82, 2.24) is 5.32 Å². The van der Waals surface area contributed by atoms with E-state index in [1.54, 1.807) is 27.9 Å². The second kappa shape index (κ2) is 11.1. The topological polar surface area (TPSA) is 73.9 Å². The van der Waals surface area contributed by atoms with Crippen molar-refractivity contribution >= 4 is 24.7 Å². The van der Waals surface area contributed by atoms with Gasteiger partial charge < -0.3 is 19.5 Å². The van der Waals surface area contributed by atoms with Crippen LogP contribution in [0.3, 0.4) is 0 Å². The van der Waals surface area contributed by atoms with E-state index in [9.17, 15) is 9.59 Å². The Morgan fingerprint density at radius 3 is 2.39 bits per heavy atom. The van der Waals surface area contributed by atoms with Gasteiger partial charge in [-0.25, -0.2) is 4.79 Å². The van der Waals surface area contributed by atoms with Crippen molar-refractivity contribution in [3.8, 4) is 5.75 Å². The van der Waals surface area contributed by atoms with Crippen molar-refractivity contribution < 1.29 is 23.8 Å². The summed E-state index contributed by atoms with van der Waals surface area (Å²) in [6, 6.07) is 15.5. The molecule has 1 amide bonds. The number of ether oxygens (including phenoxy) is 3. The van der Waals surface area contributed by atoms with Crippen LogP contribution in [0.4, 0.5) is 4.79 Å². The number of methoxy groups -OCH3 is 1. The number of thiol groups is 1. The molecule has 0 aliphatic heterocycles. The van der Waals surface area contributed by atoms with Crippen LogP contribution >= 0.6 is 12.6 Å². The molecule has 0 aliphatic carbocycles. The largest absolute Gasteiger partial charge is 0.496 e. The van der Waals surface area contributed by atoms with Gasteiger partial charge in [-0.3, -0.25) is 4.79 Å². The lowest BCUT2D eigenvalue weighted by molar-refractivity contribution is -0.148. The Balaban J connectivity index is 2.14. The fraction of sp³-hybridized carbons (Fsp3) is 0.417. The van der Waals surface area contributed by atoms with Crippen LogP contribution in [0, 0.1) is 6.92 Å². The smallest absolute Gasteiger partial charge is 0.408 e. The molecule has 168 valence electrons. The second-order valence-corrected chi connectivity index (χ2v) is 8.82. The van der Waals surface area contributed by atoms with Crippen molar-refractivity contribution in [2.75, 3.05) is 13.7 Å². The third-order valence-electron chi connectivity index (χ3n) is 4.42. The maximum Gasteiger partial charge on any atom is 0.408 e. The van der Waals surface area contributed by atoms with Gasteiger partial charge in [0.1, 0.15) is 24.0 Å². The molecular formula is C24H31NO5S. The summed E-state index contributed by atoms with van der Waals surface area (Å²) >= 11 is 4.74. The molecule has 2 aromatic carbocycles. The molecule has 0 aliphatic rings. The number of hydrogen-bond donors (Lipinski definition) is 2. The molecule has 1 N–H and O–H groups in total. The van der Waals surface area contributed by atoms with Crippen LogP contribution in [0.5, 0.6) is 5.75 Å². The molecule has 6 nitrogen and oxygen atoms in total. The predicted molar refractivity (Wildman–Crippen MR) is 124 cm³/mol. The Morgan fingerprint density at radius 2 is 1.77 bits per heavy atom. The highest BCUT2D eigenvalue weighted by molar-refractivity contribution is 7.80. The molecule has 2 rings (SSSR count). The van der Waals surface area contributed by atoms with Crippen molar-refractivity contribution in [2.24, 2.45) is 0 Å². The third kappa shape index (κ3) is 8.17. The lowest BCUT2D eigenvalue weighted by Gasteiger charge is -2.25. The van der Waals surface area contributed by atoms with Gasteiger partial charge in [-0.15, -0.1) is 0 Å².